The van der Waals surface area contributed by atoms with Crippen molar-refractivity contribution in [1.29, 1.82) is 0 Å². The molecule has 0 aromatic heterocycles. The molecule has 0 heterocycles. The van der Waals surface area contributed by atoms with E-state index in [1.165, 1.54) is 11.4 Å². The Kier molecular flexibility index (Phi) is 4.15. The molecule has 0 amide bonds. The average molecular weight is 170 g/mol. The third kappa shape index (κ3) is 2.76. The lowest BCUT2D eigenvalue weighted by Gasteiger charge is -2.28. The molecule has 0 bridgehead atoms. The molecule has 0 spiro atoms. The topological polar surface area (TPSA) is 6.48 Å². The molecule has 0 rings (SSSR count). The average Bonchev–Trinajstić information content (AvgIpc) is 1.85. The minimum absolute atomic E-state index is 0.616. The van der Waals surface area contributed by atoms with Gasteiger partial charge in [-0.2, -0.15) is 0 Å². The van der Waals surface area contributed by atoms with Gasteiger partial charge in [-0.05, 0) is 18.4 Å². The van der Waals surface area contributed by atoms with Crippen LogP contribution in [0.25, 0.3) is 0 Å². The van der Waals surface area contributed by atoms with Crippen LogP contribution in [-0.4, -0.2) is 38.0 Å². The minimum atomic E-state index is 0.616. The Balaban J connectivity index is 4.81. The molecular weight excluding hydrogens is 148 g/mol. The third-order valence-electron chi connectivity index (χ3n) is 2.07. The lowest BCUT2D eigenvalue weighted by Crippen LogP contribution is -2.27. The van der Waals surface area contributed by atoms with E-state index >= 15 is 0 Å². The molecule has 0 aromatic carbocycles. The molecule has 0 unspecified atom stereocenters. The highest BCUT2D eigenvalue weighted by Crippen LogP contribution is 2.16. The summed E-state index contributed by atoms with van der Waals surface area (Å²) in [6.45, 7) is 6.64. The SMILES string of the molecule is CC(=C(N(C)C)N(C)C)C(C)C. The number of allylic oxidation sites excluding steroid dienone is 1. The molecule has 0 N–H and O–H groups in total. The van der Waals surface area contributed by atoms with E-state index in [0.717, 1.165) is 0 Å². The number of rotatable bonds is 3. The highest BCUT2D eigenvalue weighted by Gasteiger charge is 2.09. The molecule has 0 aliphatic heterocycles. The Morgan fingerprint density at radius 3 is 1.33 bits per heavy atom. The summed E-state index contributed by atoms with van der Waals surface area (Å²) in [4.78, 5) is 4.32. The quantitative estimate of drug-likeness (QED) is 0.639. The van der Waals surface area contributed by atoms with E-state index in [0.29, 0.717) is 5.92 Å². The summed E-state index contributed by atoms with van der Waals surface area (Å²) < 4.78 is 0. The van der Waals surface area contributed by atoms with Gasteiger partial charge in [0.1, 0.15) is 5.82 Å². The fourth-order valence-corrected chi connectivity index (χ4v) is 1.36. The molecule has 0 saturated heterocycles. The van der Waals surface area contributed by atoms with Crippen molar-refractivity contribution in [2.45, 2.75) is 20.8 Å². The van der Waals surface area contributed by atoms with Crippen LogP contribution < -0.4 is 0 Å². The summed E-state index contributed by atoms with van der Waals surface area (Å²) in [5, 5.41) is 0. The molecule has 72 valence electrons. The first kappa shape index (κ1) is 11.3. The second kappa shape index (κ2) is 4.39. The first-order chi connectivity index (χ1) is 5.37. The van der Waals surface area contributed by atoms with Gasteiger partial charge in [-0.3, -0.25) is 0 Å². The van der Waals surface area contributed by atoms with E-state index < -0.39 is 0 Å². The van der Waals surface area contributed by atoms with Crippen LogP contribution in [0.1, 0.15) is 20.8 Å². The van der Waals surface area contributed by atoms with Crippen LogP contribution in [-0.2, 0) is 0 Å². The minimum Gasteiger partial charge on any atom is -0.364 e. The predicted octanol–water partition coefficient (Wildman–Crippen LogP) is 2.00. The summed E-state index contributed by atoms with van der Waals surface area (Å²) in [6, 6.07) is 0. The molecule has 0 fully saturated rings. The van der Waals surface area contributed by atoms with Crippen LogP contribution in [0, 0.1) is 5.92 Å². The lowest BCUT2D eigenvalue weighted by atomic mass is 10.1. The molecule has 12 heavy (non-hydrogen) atoms. The zero-order valence-electron chi connectivity index (χ0n) is 9.47. The van der Waals surface area contributed by atoms with Crippen molar-refractivity contribution in [3.63, 3.8) is 0 Å². The summed E-state index contributed by atoms with van der Waals surface area (Å²) in [7, 11) is 8.34. The molecule has 0 aromatic rings. The van der Waals surface area contributed by atoms with Gasteiger partial charge >= 0.3 is 0 Å². The molecule has 2 heteroatoms. The van der Waals surface area contributed by atoms with Crippen LogP contribution >= 0.6 is 0 Å². The zero-order chi connectivity index (χ0) is 9.89. The zero-order valence-corrected chi connectivity index (χ0v) is 9.47. The molecule has 0 saturated carbocycles. The first-order valence-electron chi connectivity index (χ1n) is 4.43. The van der Waals surface area contributed by atoms with Crippen LogP contribution in [0.5, 0.6) is 0 Å². The third-order valence-corrected chi connectivity index (χ3v) is 2.07. The van der Waals surface area contributed by atoms with Crippen molar-refractivity contribution in [3.8, 4) is 0 Å². The normalized spacial score (nSPS) is 10.0. The monoisotopic (exact) mass is 170 g/mol. The first-order valence-corrected chi connectivity index (χ1v) is 4.43. The second-order valence-corrected chi connectivity index (χ2v) is 3.95. The van der Waals surface area contributed by atoms with Gasteiger partial charge in [-0.25, -0.2) is 0 Å². The number of hydrogen-bond donors (Lipinski definition) is 0. The Bertz CT molecular complexity index is 157. The lowest BCUT2D eigenvalue weighted by molar-refractivity contribution is 0.330. The predicted molar refractivity (Wildman–Crippen MR) is 54.9 cm³/mol. The van der Waals surface area contributed by atoms with Crippen molar-refractivity contribution in [3.05, 3.63) is 11.4 Å². The summed E-state index contributed by atoms with van der Waals surface area (Å²) in [5.74, 6) is 1.93. The van der Waals surface area contributed by atoms with Gasteiger partial charge in [0.05, 0.1) is 0 Å². The standard InChI is InChI=1S/C10H22N2/c1-8(2)9(3)10(11(4)5)12(6)7/h8H,1-7H3. The maximum atomic E-state index is 2.22. The molecule has 0 radical (unpaired) electrons. The van der Waals surface area contributed by atoms with Gasteiger partial charge < -0.3 is 9.80 Å². The molecule has 2 nitrogen and oxygen atoms in total. The van der Waals surface area contributed by atoms with E-state index in [9.17, 15) is 0 Å². The smallest absolute Gasteiger partial charge is 0.102 e. The van der Waals surface area contributed by atoms with Crippen molar-refractivity contribution >= 4 is 0 Å². The van der Waals surface area contributed by atoms with E-state index in [1.807, 2.05) is 0 Å². The molecular formula is C10H22N2. The van der Waals surface area contributed by atoms with E-state index in [4.69, 9.17) is 0 Å². The van der Waals surface area contributed by atoms with Gasteiger partial charge in [0.25, 0.3) is 0 Å². The highest BCUT2D eigenvalue weighted by atomic mass is 15.3. The van der Waals surface area contributed by atoms with Crippen LogP contribution in [0.3, 0.4) is 0 Å². The van der Waals surface area contributed by atoms with Crippen LogP contribution in [0.4, 0.5) is 0 Å². The van der Waals surface area contributed by atoms with Crippen LogP contribution in [0.2, 0.25) is 0 Å². The maximum Gasteiger partial charge on any atom is 0.102 e. The Labute approximate surface area is 76.9 Å². The van der Waals surface area contributed by atoms with Gasteiger partial charge in [-0.1, -0.05) is 13.8 Å². The van der Waals surface area contributed by atoms with Crippen molar-refractivity contribution in [1.82, 2.24) is 9.80 Å². The molecule has 0 aliphatic rings. The summed E-state index contributed by atoms with van der Waals surface area (Å²) in [6.07, 6.45) is 0. The second-order valence-electron chi connectivity index (χ2n) is 3.95. The largest absolute Gasteiger partial charge is 0.364 e. The Morgan fingerprint density at radius 1 is 0.917 bits per heavy atom. The Morgan fingerprint density at radius 2 is 1.25 bits per heavy atom. The number of hydrogen-bond acceptors (Lipinski definition) is 2. The number of nitrogens with zero attached hydrogens (tertiary/aromatic N) is 2. The highest BCUT2D eigenvalue weighted by molar-refractivity contribution is 5.10. The Hall–Kier alpha value is -0.660. The molecule has 0 atom stereocenters. The fourth-order valence-electron chi connectivity index (χ4n) is 1.36. The maximum absolute atomic E-state index is 2.22. The van der Waals surface area contributed by atoms with E-state index in [-0.39, 0.29) is 0 Å². The van der Waals surface area contributed by atoms with Crippen LogP contribution in [0.15, 0.2) is 11.4 Å². The van der Waals surface area contributed by atoms with Gasteiger partial charge in [0.15, 0.2) is 0 Å². The fraction of sp³-hybridized carbons (Fsp3) is 0.800. The van der Waals surface area contributed by atoms with Gasteiger partial charge in [-0.15, -0.1) is 0 Å². The van der Waals surface area contributed by atoms with E-state index in [2.05, 4.69) is 58.8 Å². The molecule has 0 aliphatic carbocycles. The van der Waals surface area contributed by atoms with E-state index in [1.54, 1.807) is 0 Å². The summed E-state index contributed by atoms with van der Waals surface area (Å²) >= 11 is 0. The van der Waals surface area contributed by atoms with Gasteiger partial charge in [0.2, 0.25) is 0 Å². The van der Waals surface area contributed by atoms with Crippen molar-refractivity contribution < 1.29 is 0 Å². The van der Waals surface area contributed by atoms with Crippen molar-refractivity contribution in [2.75, 3.05) is 28.2 Å². The van der Waals surface area contributed by atoms with Gasteiger partial charge in [0, 0.05) is 28.2 Å². The van der Waals surface area contributed by atoms with Crippen molar-refractivity contribution in [2.24, 2.45) is 5.92 Å². The summed E-state index contributed by atoms with van der Waals surface area (Å²) in [5.41, 5.74) is 1.44.